The van der Waals surface area contributed by atoms with Crippen LogP contribution < -0.4 is 5.30 Å². The van der Waals surface area contributed by atoms with Gasteiger partial charge >= 0.3 is 14.1 Å². The fraction of sp³-hybridized carbons (Fsp3) is 0.490. The third kappa shape index (κ3) is 8.92. The van der Waals surface area contributed by atoms with E-state index in [1.165, 1.54) is 0 Å². The van der Waals surface area contributed by atoms with Crippen LogP contribution in [0.25, 0.3) is 43.8 Å². The van der Waals surface area contributed by atoms with Crippen molar-refractivity contribution in [1.29, 1.82) is 0 Å². The van der Waals surface area contributed by atoms with Gasteiger partial charge in [0, 0.05) is 11.1 Å². The van der Waals surface area contributed by atoms with E-state index in [0.717, 1.165) is 61.5 Å². The zero-order valence-corrected chi connectivity index (χ0v) is 39.1. The summed E-state index contributed by atoms with van der Waals surface area (Å²) in [5, 5.41) is 3.24. The Labute approximate surface area is 346 Å². The molecule has 5 aromatic rings. The molecule has 7 heteroatoms. The Hall–Kier alpha value is -3.28. The number of rotatable bonds is 3. The van der Waals surface area contributed by atoms with Crippen molar-refractivity contribution in [2.45, 2.75) is 163 Å². The Morgan fingerprint density at radius 2 is 0.724 bits per heavy atom. The first-order valence-electron chi connectivity index (χ1n) is 20.4. The largest absolute Gasteiger partial charge is 0.441 e. The molecule has 0 atom stereocenters. The van der Waals surface area contributed by atoms with Crippen LogP contribution in [0.4, 0.5) is 13.2 Å². The molecule has 0 saturated heterocycles. The van der Waals surface area contributed by atoms with Gasteiger partial charge in [0.25, 0.3) is 0 Å². The minimum absolute atomic E-state index is 0.0179. The molecule has 0 saturated carbocycles. The van der Waals surface area contributed by atoms with Crippen molar-refractivity contribution in [2.75, 3.05) is 0 Å². The molecule has 0 spiro atoms. The van der Waals surface area contributed by atoms with Crippen LogP contribution in [0.3, 0.4) is 0 Å². The molecule has 3 nitrogen and oxygen atoms in total. The molecule has 0 heterocycles. The van der Waals surface area contributed by atoms with E-state index in [1.54, 1.807) is 0 Å². The van der Waals surface area contributed by atoms with Gasteiger partial charge in [-0.25, -0.2) is 0 Å². The van der Waals surface area contributed by atoms with E-state index in [0.29, 0.717) is 16.7 Å². The highest BCUT2D eigenvalue weighted by molar-refractivity contribution is 7.67. The number of hydrogen-bond acceptors (Lipinski definition) is 3. The van der Waals surface area contributed by atoms with Crippen LogP contribution >= 0.6 is 7.94 Å². The van der Waals surface area contributed by atoms with E-state index in [4.69, 9.17) is 0 Å². The van der Waals surface area contributed by atoms with Crippen LogP contribution in [-0.2, 0) is 38.7 Å². The summed E-state index contributed by atoms with van der Waals surface area (Å²) in [6, 6.07) is 18.6. The van der Waals surface area contributed by atoms with Crippen LogP contribution in [0.15, 0.2) is 60.7 Å². The molecule has 0 aliphatic rings. The van der Waals surface area contributed by atoms with Gasteiger partial charge in [0.1, 0.15) is 0 Å². The third-order valence-corrected chi connectivity index (χ3v) is 12.5. The first kappa shape index (κ1) is 45.8. The number of fused-ring (bicyclic) bond motifs is 2. The van der Waals surface area contributed by atoms with Crippen molar-refractivity contribution in [2.24, 2.45) is 0 Å². The van der Waals surface area contributed by atoms with Crippen molar-refractivity contribution in [3.05, 3.63) is 99.6 Å². The van der Waals surface area contributed by atoms with Gasteiger partial charge in [-0.15, -0.1) is 0 Å². The molecule has 5 aromatic carbocycles. The monoisotopic (exact) mass is 815 g/mol. The fourth-order valence-electron chi connectivity index (χ4n) is 8.22. The van der Waals surface area contributed by atoms with Gasteiger partial charge in [-0.3, -0.25) is 0 Å². The average Bonchev–Trinajstić information content (AvgIpc) is 3.01. The highest BCUT2D eigenvalue weighted by Gasteiger charge is 2.45. The second-order valence-electron chi connectivity index (χ2n) is 22.7. The van der Waals surface area contributed by atoms with Gasteiger partial charge < -0.3 is 0 Å². The standard InChI is InChI=1S/C51H67F3O3P/c1-45(2,3)31-21-29-23-38(47(7,8)9)35(27-33(29)40(25-31)49(13,14)15)43-37(51(52,53)54)19-20-42(58(55,56)57)44(43)36-28-34-30(24-39(36)48(10,11)12)22-32(46(4,5)6)26-41(34)50(16,17)18/h19-28,55-57H,1-18H3/q+1. The van der Waals surface area contributed by atoms with Crippen molar-refractivity contribution in [3.63, 3.8) is 0 Å². The summed E-state index contributed by atoms with van der Waals surface area (Å²) >= 11 is 0. The van der Waals surface area contributed by atoms with Crippen LogP contribution in [0.1, 0.15) is 164 Å². The zero-order chi connectivity index (χ0) is 44.3. The summed E-state index contributed by atoms with van der Waals surface area (Å²) in [5.74, 6) is 0. The van der Waals surface area contributed by atoms with Crippen molar-refractivity contribution < 1.29 is 27.9 Å². The topological polar surface area (TPSA) is 60.7 Å². The maximum atomic E-state index is 15.8. The molecule has 0 radical (unpaired) electrons. The molecule has 58 heavy (non-hydrogen) atoms. The second kappa shape index (κ2) is 14.2. The Bertz CT molecular complexity index is 2240. The maximum Gasteiger partial charge on any atom is 0.441 e. The van der Waals surface area contributed by atoms with Gasteiger partial charge in [-0.1, -0.05) is 149 Å². The highest BCUT2D eigenvalue weighted by Crippen LogP contribution is 2.55. The number of alkyl halides is 3. The molecular formula is C51H67F3O3P+. The first-order chi connectivity index (χ1) is 25.8. The molecule has 0 aliphatic carbocycles. The predicted octanol–water partition coefficient (Wildman–Crippen LogP) is 14.5. The minimum atomic E-state index is -4.93. The lowest BCUT2D eigenvalue weighted by atomic mass is 9.72. The molecule has 0 amide bonds. The van der Waals surface area contributed by atoms with Gasteiger partial charge in [0.2, 0.25) is 0 Å². The van der Waals surface area contributed by atoms with Crippen LogP contribution in [0, 0.1) is 0 Å². The summed E-state index contributed by atoms with van der Waals surface area (Å²) < 4.78 is 47.5. The first-order valence-corrected chi connectivity index (χ1v) is 22.1. The average molecular weight is 816 g/mol. The minimum Gasteiger partial charge on any atom is -0.189 e. The summed E-state index contributed by atoms with van der Waals surface area (Å²) in [6.45, 7) is 37.7. The van der Waals surface area contributed by atoms with Crippen molar-refractivity contribution in [1.82, 2.24) is 0 Å². The van der Waals surface area contributed by atoms with Crippen LogP contribution in [0.5, 0.6) is 0 Å². The van der Waals surface area contributed by atoms with E-state index < -0.39 is 30.5 Å². The lowest BCUT2D eigenvalue weighted by molar-refractivity contribution is -0.137. The third-order valence-electron chi connectivity index (χ3n) is 11.5. The van der Waals surface area contributed by atoms with Gasteiger partial charge in [0.15, 0.2) is 5.30 Å². The predicted molar refractivity (Wildman–Crippen MR) is 243 cm³/mol. The lowest BCUT2D eigenvalue weighted by Gasteiger charge is -2.32. The van der Waals surface area contributed by atoms with Gasteiger partial charge in [0.05, 0.1) is 5.56 Å². The van der Waals surface area contributed by atoms with Gasteiger partial charge in [-0.2, -0.15) is 27.9 Å². The Kier molecular flexibility index (Phi) is 11.2. The highest BCUT2D eigenvalue weighted by atomic mass is 31.2. The zero-order valence-electron chi connectivity index (χ0n) is 38.2. The molecule has 3 N–H and O–H groups in total. The fourth-order valence-corrected chi connectivity index (χ4v) is 9.02. The van der Waals surface area contributed by atoms with E-state index in [1.807, 2.05) is 59.7 Å². The van der Waals surface area contributed by atoms with E-state index in [-0.39, 0.29) is 38.1 Å². The Balaban J connectivity index is 2.18. The molecular weight excluding hydrogens is 749 g/mol. The van der Waals surface area contributed by atoms with E-state index >= 15 is 13.2 Å². The van der Waals surface area contributed by atoms with Crippen LogP contribution in [-0.4, -0.2) is 14.7 Å². The lowest BCUT2D eigenvalue weighted by Crippen LogP contribution is -2.23. The quantitative estimate of drug-likeness (QED) is 0.159. The molecule has 0 unspecified atom stereocenters. The summed E-state index contributed by atoms with van der Waals surface area (Å²) in [6.07, 6.45) is -4.84. The molecule has 0 aromatic heterocycles. The SMILES string of the molecule is CC(C)(C)c1cc(C(C)(C)C)c2cc(-c3c(C(F)(F)F)ccc([P+](O)(O)O)c3-c3cc4c(C(C)(C)C)cc(C(C)(C)C)cc4cc3C(C)(C)C)c(C(C)(C)C)cc2c1. The van der Waals surface area contributed by atoms with Crippen molar-refractivity contribution in [3.8, 4) is 22.3 Å². The summed E-state index contributed by atoms with van der Waals surface area (Å²) in [5.41, 5.74) is 3.00. The molecule has 0 fully saturated rings. The molecule has 0 bridgehead atoms. The van der Waals surface area contributed by atoms with Crippen LogP contribution in [0.2, 0.25) is 0 Å². The summed E-state index contributed by atoms with van der Waals surface area (Å²) in [4.78, 5) is 33.9. The molecule has 314 valence electrons. The molecule has 5 rings (SSSR count). The smallest absolute Gasteiger partial charge is 0.189 e. The van der Waals surface area contributed by atoms with Crippen molar-refractivity contribution >= 4 is 34.8 Å². The second-order valence-corrected chi connectivity index (χ2v) is 24.4. The Morgan fingerprint density at radius 3 is 1.02 bits per heavy atom. The van der Waals surface area contributed by atoms with E-state index in [2.05, 4.69) is 113 Å². The number of halogens is 3. The number of benzene rings is 5. The van der Waals surface area contributed by atoms with E-state index in [9.17, 15) is 14.7 Å². The molecule has 0 aliphatic heterocycles. The Morgan fingerprint density at radius 1 is 0.379 bits per heavy atom. The number of hydrogen-bond donors (Lipinski definition) is 3. The normalized spacial score (nSPS) is 14.2. The maximum absolute atomic E-state index is 15.8. The summed E-state index contributed by atoms with van der Waals surface area (Å²) in [7, 11) is -4.93. The van der Waals surface area contributed by atoms with Gasteiger partial charge in [-0.05, 0) is 135 Å².